The van der Waals surface area contributed by atoms with E-state index in [1.165, 1.54) is 33.4 Å². The average molecular weight is 826 g/mol. The smallest absolute Gasteiger partial charge is 0.308 e. The van der Waals surface area contributed by atoms with E-state index in [-0.39, 0.29) is 30.3 Å². The number of carboxylic acids is 1. The molecule has 0 saturated heterocycles. The first-order valence-electron chi connectivity index (χ1n) is 23.8. The van der Waals surface area contributed by atoms with Gasteiger partial charge in [-0.25, -0.2) is 0 Å². The fraction of sp³-hybridized carbons (Fsp3) is 0.527. The number of allylic oxidation sites excluding steroid dienone is 2. The first-order chi connectivity index (χ1) is 29.8. The number of aliphatic hydroxyl groups is 1. The second-order valence-electron chi connectivity index (χ2n) is 19.1. The number of aldehydes is 1. The quantitative estimate of drug-likeness (QED) is 0.0612. The Kier molecular flexibility index (Phi) is 15.6. The van der Waals surface area contributed by atoms with E-state index in [1.807, 2.05) is 12.1 Å². The minimum absolute atomic E-state index is 0.0589. The van der Waals surface area contributed by atoms with Crippen molar-refractivity contribution >= 4 is 24.4 Å². The van der Waals surface area contributed by atoms with E-state index in [4.69, 9.17) is 5.73 Å². The summed E-state index contributed by atoms with van der Waals surface area (Å²) in [7, 11) is 0. The maximum absolute atomic E-state index is 13.7. The van der Waals surface area contributed by atoms with Crippen LogP contribution in [-0.2, 0) is 27.8 Å². The molecule has 3 aromatic rings. The summed E-state index contributed by atoms with van der Waals surface area (Å²) in [5.41, 5.74) is 11.1. The molecule has 0 aliphatic heterocycles. The highest BCUT2D eigenvalue weighted by Gasteiger charge is 2.51. The lowest BCUT2D eigenvalue weighted by atomic mass is 9.54. The van der Waals surface area contributed by atoms with Crippen molar-refractivity contribution in [2.45, 2.75) is 127 Å². The van der Waals surface area contributed by atoms with E-state index in [0.29, 0.717) is 24.1 Å². The molecule has 6 heteroatoms. The Balaban J connectivity index is 1.21. The van der Waals surface area contributed by atoms with Crippen LogP contribution in [-0.4, -0.2) is 40.7 Å². The first-order valence-corrected chi connectivity index (χ1v) is 23.8. The summed E-state index contributed by atoms with van der Waals surface area (Å²) in [6.45, 7) is 2.64. The Morgan fingerprint density at radius 1 is 0.918 bits per heavy atom. The van der Waals surface area contributed by atoms with Crippen molar-refractivity contribution in [1.82, 2.24) is 0 Å². The molecular weight excluding hydrogens is 755 g/mol. The molecule has 1 saturated carbocycles. The van der Waals surface area contributed by atoms with Crippen LogP contribution in [0, 0.1) is 41.4 Å². The standard InChI is InChI=1S/C55H71NO5/c1-2-3-5-16-46-34-45(23-24-52(46)59)51-31-39-12-10-20-50(30-39)55(27-25-44-32-41-14-8-9-15-42(41)33-49(44)35-55)53(54(60)61)48(37-58)19-11-18-40(51)13-6-4-7-17-47(36-57)43-22-21-38(29-43)26-28-56/h8-12,14-15,19-20,23-24,29-30,32-34,36,40,43-44,47-49,51,53,58-59H,2-7,13,16-18,21-22,25-28,31,35,37,56H2,1H3,(H,60,61). The normalized spacial score (nSPS) is 27.7. The molecule has 61 heavy (non-hydrogen) atoms. The Labute approximate surface area is 364 Å². The van der Waals surface area contributed by atoms with Gasteiger partial charge in [0.2, 0.25) is 0 Å². The number of aliphatic hydroxyl groups excluding tert-OH is 1. The van der Waals surface area contributed by atoms with Gasteiger partial charge in [-0.15, -0.1) is 0 Å². The number of benzene rings is 3. The van der Waals surface area contributed by atoms with Gasteiger partial charge in [0, 0.05) is 17.3 Å². The average Bonchev–Trinajstić information content (AvgIpc) is 3.73. The molecule has 4 aliphatic rings. The molecule has 326 valence electrons. The van der Waals surface area contributed by atoms with E-state index in [2.05, 4.69) is 91.9 Å². The van der Waals surface area contributed by atoms with Crippen LogP contribution in [0.15, 0.2) is 90.5 Å². The molecule has 0 aromatic heterocycles. The number of carbonyl (C=O) groups excluding carboxylic acids is 1. The lowest BCUT2D eigenvalue weighted by Gasteiger charge is -2.49. The highest BCUT2D eigenvalue weighted by Crippen LogP contribution is 2.53. The molecule has 6 nitrogen and oxygen atoms in total. The minimum atomic E-state index is -0.837. The van der Waals surface area contributed by atoms with E-state index in [0.717, 1.165) is 120 Å². The summed E-state index contributed by atoms with van der Waals surface area (Å²) in [5.74, 6) is -0.414. The number of phenols is 1. The number of carbonyl (C=O) groups is 2. The van der Waals surface area contributed by atoms with Crippen molar-refractivity contribution in [2.75, 3.05) is 13.2 Å². The summed E-state index contributed by atoms with van der Waals surface area (Å²) in [6, 6.07) is 23.7. The highest BCUT2D eigenvalue weighted by atomic mass is 16.4. The van der Waals surface area contributed by atoms with Crippen LogP contribution in [0.5, 0.6) is 5.75 Å². The summed E-state index contributed by atoms with van der Waals surface area (Å²) in [4.78, 5) is 26.0. The van der Waals surface area contributed by atoms with Gasteiger partial charge in [0.15, 0.2) is 0 Å². The van der Waals surface area contributed by atoms with Crippen LogP contribution in [0.25, 0.3) is 12.2 Å². The third-order valence-electron chi connectivity index (χ3n) is 15.3. The summed E-state index contributed by atoms with van der Waals surface area (Å²) >= 11 is 0. The fourth-order valence-corrected chi connectivity index (χ4v) is 12.0. The monoisotopic (exact) mass is 826 g/mol. The lowest BCUT2D eigenvalue weighted by molar-refractivity contribution is -0.148. The zero-order valence-electron chi connectivity index (χ0n) is 36.6. The SMILES string of the molecule is CCCCCc1cc(C2Cc3cccc(c3)C3(CCC4C=c5ccccc5=CC4C3)C(C(=O)O)C(CO)C=CCC2CCCCCC(C=O)C2C=C(CCN)CC2)ccc1O. The number of aliphatic carboxylic acids is 1. The predicted octanol–water partition coefficient (Wildman–Crippen LogP) is 9.72. The Bertz CT molecular complexity index is 2140. The number of phenolic OH excluding ortho intramolecular Hbond substituents is 1. The summed E-state index contributed by atoms with van der Waals surface area (Å²) in [6.07, 6.45) is 28.6. The largest absolute Gasteiger partial charge is 0.508 e. The molecule has 7 rings (SSSR count). The van der Waals surface area contributed by atoms with E-state index >= 15 is 0 Å². The number of hydrogen-bond acceptors (Lipinski definition) is 5. The van der Waals surface area contributed by atoms with Crippen LogP contribution in [0.1, 0.15) is 131 Å². The van der Waals surface area contributed by atoms with Crippen molar-refractivity contribution in [3.63, 3.8) is 0 Å². The molecular formula is C55H71NO5. The zero-order valence-corrected chi connectivity index (χ0v) is 36.6. The number of aromatic hydroxyl groups is 1. The van der Waals surface area contributed by atoms with Gasteiger partial charge in [-0.1, -0.05) is 136 Å². The number of fused-ring (bicyclic) bond motifs is 5. The molecule has 9 unspecified atom stereocenters. The van der Waals surface area contributed by atoms with Crippen molar-refractivity contribution < 1.29 is 24.9 Å². The molecule has 4 aliphatic carbocycles. The van der Waals surface area contributed by atoms with Crippen molar-refractivity contribution in [3.8, 4) is 5.75 Å². The van der Waals surface area contributed by atoms with Gasteiger partial charge in [0.1, 0.15) is 12.0 Å². The number of rotatable bonds is 17. The number of carboxylic acid groups (broad SMARTS) is 1. The highest BCUT2D eigenvalue weighted by molar-refractivity contribution is 5.74. The van der Waals surface area contributed by atoms with Crippen LogP contribution >= 0.6 is 0 Å². The topological polar surface area (TPSA) is 121 Å². The van der Waals surface area contributed by atoms with Gasteiger partial charge in [0.05, 0.1) is 12.5 Å². The van der Waals surface area contributed by atoms with Crippen LogP contribution < -0.4 is 16.2 Å². The molecule has 1 fully saturated rings. The third-order valence-corrected chi connectivity index (χ3v) is 15.3. The van der Waals surface area contributed by atoms with Crippen LogP contribution in [0.4, 0.5) is 0 Å². The molecule has 1 spiro atoms. The van der Waals surface area contributed by atoms with Crippen LogP contribution in [0.2, 0.25) is 0 Å². The molecule has 0 heterocycles. The Hall–Kier alpha value is -4.26. The van der Waals surface area contributed by atoms with Gasteiger partial charge in [-0.3, -0.25) is 4.79 Å². The molecule has 0 amide bonds. The van der Waals surface area contributed by atoms with Gasteiger partial charge >= 0.3 is 5.97 Å². The molecule has 2 bridgehead atoms. The van der Waals surface area contributed by atoms with Crippen molar-refractivity contribution in [3.05, 3.63) is 123 Å². The van der Waals surface area contributed by atoms with Crippen LogP contribution in [0.3, 0.4) is 0 Å². The van der Waals surface area contributed by atoms with Gasteiger partial charge < -0.3 is 25.8 Å². The minimum Gasteiger partial charge on any atom is -0.508 e. The second-order valence-corrected chi connectivity index (χ2v) is 19.1. The van der Waals surface area contributed by atoms with E-state index in [1.54, 1.807) is 0 Å². The number of nitrogens with two attached hydrogens (primary N) is 1. The Morgan fingerprint density at radius 3 is 2.49 bits per heavy atom. The Morgan fingerprint density at radius 2 is 1.74 bits per heavy atom. The maximum atomic E-state index is 13.7. The van der Waals surface area contributed by atoms with Crippen molar-refractivity contribution in [1.29, 1.82) is 0 Å². The number of hydrogen-bond donors (Lipinski definition) is 4. The molecule has 0 radical (unpaired) electrons. The third kappa shape index (κ3) is 10.5. The zero-order chi connectivity index (χ0) is 42.8. The number of unbranched alkanes of at least 4 members (excludes halogenated alkanes) is 4. The molecule has 5 N–H and O–H groups in total. The fourth-order valence-electron chi connectivity index (χ4n) is 12.0. The maximum Gasteiger partial charge on any atom is 0.308 e. The van der Waals surface area contributed by atoms with E-state index in [9.17, 15) is 24.9 Å². The summed E-state index contributed by atoms with van der Waals surface area (Å²) < 4.78 is 0. The first kappa shape index (κ1) is 44.8. The van der Waals surface area contributed by atoms with E-state index < -0.39 is 23.2 Å². The summed E-state index contributed by atoms with van der Waals surface area (Å²) in [5, 5.41) is 35.9. The molecule has 9 atom stereocenters. The predicted molar refractivity (Wildman–Crippen MR) is 247 cm³/mol. The van der Waals surface area contributed by atoms with Gasteiger partial charge in [0.25, 0.3) is 0 Å². The lowest BCUT2D eigenvalue weighted by Crippen LogP contribution is -2.50. The van der Waals surface area contributed by atoms with Gasteiger partial charge in [-0.2, -0.15) is 0 Å². The number of aryl methyl sites for hydroxylation is 1. The molecule has 3 aromatic carbocycles. The van der Waals surface area contributed by atoms with Gasteiger partial charge in [-0.05, 0) is 152 Å². The second kappa shape index (κ2) is 21.2. The van der Waals surface area contributed by atoms with Crippen molar-refractivity contribution in [2.24, 2.45) is 47.2 Å².